The van der Waals surface area contributed by atoms with E-state index in [1.54, 1.807) is 6.07 Å². The summed E-state index contributed by atoms with van der Waals surface area (Å²) in [6.07, 6.45) is 0. The van der Waals surface area contributed by atoms with Gasteiger partial charge in [0.05, 0.1) is 10.5 Å². The third-order valence-electron chi connectivity index (χ3n) is 4.41. The number of hydrogen-bond acceptors (Lipinski definition) is 8. The second kappa shape index (κ2) is 6.34. The third-order valence-corrected chi connectivity index (χ3v) is 4.41. The van der Waals surface area contributed by atoms with Gasteiger partial charge in [-0.1, -0.05) is 6.07 Å². The van der Waals surface area contributed by atoms with Crippen LogP contribution in [0.4, 0.5) is 5.69 Å². The number of rotatable bonds is 4. The maximum atomic E-state index is 12.6. The second-order valence-electron chi connectivity index (χ2n) is 6.05. The number of ether oxygens (including phenoxy) is 3. The van der Waals surface area contributed by atoms with Gasteiger partial charge in [0.15, 0.2) is 11.5 Å². The minimum atomic E-state index is -1.29. The van der Waals surface area contributed by atoms with Crippen LogP contribution in [0.5, 0.6) is 17.2 Å². The van der Waals surface area contributed by atoms with E-state index in [1.807, 2.05) is 0 Å². The summed E-state index contributed by atoms with van der Waals surface area (Å²) in [6.45, 7) is 1.36. The van der Waals surface area contributed by atoms with Gasteiger partial charge in [0.2, 0.25) is 6.79 Å². The molecule has 142 valence electrons. The predicted octanol–water partition coefficient (Wildman–Crippen LogP) is 1.91. The van der Waals surface area contributed by atoms with E-state index in [-0.39, 0.29) is 23.7 Å². The van der Waals surface area contributed by atoms with E-state index < -0.39 is 34.4 Å². The third kappa shape index (κ3) is 2.62. The van der Waals surface area contributed by atoms with Crippen LogP contribution >= 0.6 is 0 Å². The van der Waals surface area contributed by atoms with Crippen LogP contribution in [0.25, 0.3) is 0 Å². The first-order valence-electron chi connectivity index (χ1n) is 8.15. The average Bonchev–Trinajstić information content (AvgIpc) is 3.23. The van der Waals surface area contributed by atoms with Crippen molar-refractivity contribution < 1.29 is 33.5 Å². The summed E-state index contributed by atoms with van der Waals surface area (Å²) in [5.74, 6) is -1.55. The maximum Gasteiger partial charge on any atom is 0.334 e. The molecule has 28 heavy (non-hydrogen) atoms. The number of nitro groups is 1. The van der Waals surface area contributed by atoms with Gasteiger partial charge in [-0.15, -0.1) is 0 Å². The molecule has 0 saturated heterocycles. The van der Waals surface area contributed by atoms with Crippen molar-refractivity contribution in [3.05, 3.63) is 57.6 Å². The number of esters is 1. The molecule has 0 radical (unpaired) electrons. The van der Waals surface area contributed by atoms with Crippen molar-refractivity contribution in [1.82, 2.24) is 4.90 Å². The van der Waals surface area contributed by atoms with E-state index in [2.05, 4.69) is 0 Å². The van der Waals surface area contributed by atoms with E-state index in [0.29, 0.717) is 16.4 Å². The molecule has 0 spiro atoms. The summed E-state index contributed by atoms with van der Waals surface area (Å²) in [5.41, 5.74) is -0.947. The number of amides is 2. The number of carbonyl (C=O) groups is 3. The molecule has 1 atom stereocenters. The summed E-state index contributed by atoms with van der Waals surface area (Å²) in [7, 11) is 0. The van der Waals surface area contributed by atoms with Gasteiger partial charge in [-0.3, -0.25) is 24.6 Å². The van der Waals surface area contributed by atoms with Crippen molar-refractivity contribution in [3.8, 4) is 17.2 Å². The zero-order valence-corrected chi connectivity index (χ0v) is 14.4. The molecule has 0 N–H and O–H groups in total. The van der Waals surface area contributed by atoms with Crippen molar-refractivity contribution in [2.45, 2.75) is 13.0 Å². The number of fused-ring (bicyclic) bond motifs is 2. The van der Waals surface area contributed by atoms with Crippen molar-refractivity contribution in [3.63, 3.8) is 0 Å². The van der Waals surface area contributed by atoms with Gasteiger partial charge < -0.3 is 14.2 Å². The Kier molecular flexibility index (Phi) is 3.95. The first-order valence-corrected chi connectivity index (χ1v) is 8.15. The van der Waals surface area contributed by atoms with E-state index in [0.717, 1.165) is 6.07 Å². The molecule has 0 fully saturated rings. The highest BCUT2D eigenvalue weighted by Gasteiger charge is 2.45. The molecular formula is C18H12N2O8. The maximum absolute atomic E-state index is 12.6. The van der Waals surface area contributed by atoms with Crippen LogP contribution < -0.4 is 14.2 Å². The number of nitrogens with zero attached hydrogens (tertiary/aromatic N) is 2. The molecule has 0 bridgehead atoms. The quantitative estimate of drug-likeness (QED) is 0.257. The minimum Gasteiger partial charge on any atom is -0.454 e. The molecule has 4 rings (SSSR count). The van der Waals surface area contributed by atoms with Crippen LogP contribution in [-0.4, -0.2) is 40.4 Å². The smallest absolute Gasteiger partial charge is 0.334 e. The molecule has 2 amide bonds. The van der Waals surface area contributed by atoms with Crippen molar-refractivity contribution >= 4 is 23.5 Å². The largest absolute Gasteiger partial charge is 0.454 e. The second-order valence-corrected chi connectivity index (χ2v) is 6.05. The Morgan fingerprint density at radius 3 is 2.68 bits per heavy atom. The molecule has 0 aromatic heterocycles. The van der Waals surface area contributed by atoms with E-state index >= 15 is 0 Å². The first kappa shape index (κ1) is 17.5. The standard InChI is InChI=1S/C18H12N2O8/c1-9(18(23)28-10-5-6-13-14(7-10)27-8-26-13)19-16(21)11-3-2-4-12(20(24)25)15(11)17(19)22/h2-7,9H,8H2,1H3/t9-/m0/s1. The SMILES string of the molecule is C[C@@H](C(=O)Oc1ccc2c(c1)OCO2)N1C(=O)c2cccc([N+](=O)[O-])c2C1=O. The molecular weight excluding hydrogens is 372 g/mol. The lowest BCUT2D eigenvalue weighted by Crippen LogP contribution is -2.44. The van der Waals surface area contributed by atoms with Crippen molar-refractivity contribution in [2.24, 2.45) is 0 Å². The zero-order chi connectivity index (χ0) is 20.0. The lowest BCUT2D eigenvalue weighted by molar-refractivity contribution is -0.385. The summed E-state index contributed by atoms with van der Waals surface area (Å²) in [6, 6.07) is 6.92. The van der Waals surface area contributed by atoms with Gasteiger partial charge in [-0.2, -0.15) is 0 Å². The molecule has 0 aliphatic carbocycles. The number of carbonyl (C=O) groups excluding carboxylic acids is 3. The monoisotopic (exact) mass is 384 g/mol. The van der Waals surface area contributed by atoms with Crippen molar-refractivity contribution in [2.75, 3.05) is 6.79 Å². The Morgan fingerprint density at radius 2 is 1.93 bits per heavy atom. The van der Waals surface area contributed by atoms with Gasteiger partial charge in [-0.05, 0) is 25.1 Å². The molecule has 2 heterocycles. The summed E-state index contributed by atoms with van der Waals surface area (Å²) in [4.78, 5) is 48.8. The van der Waals surface area contributed by atoms with Crippen LogP contribution in [0.3, 0.4) is 0 Å². The van der Waals surface area contributed by atoms with Gasteiger partial charge >= 0.3 is 5.97 Å². The fourth-order valence-corrected chi connectivity index (χ4v) is 3.04. The topological polar surface area (TPSA) is 125 Å². The highest BCUT2D eigenvalue weighted by Crippen LogP contribution is 2.36. The fourth-order valence-electron chi connectivity index (χ4n) is 3.04. The van der Waals surface area contributed by atoms with Gasteiger partial charge in [-0.25, -0.2) is 4.79 Å². The molecule has 0 saturated carbocycles. The predicted molar refractivity (Wildman–Crippen MR) is 91.3 cm³/mol. The highest BCUT2D eigenvalue weighted by atomic mass is 16.7. The van der Waals surface area contributed by atoms with Crippen molar-refractivity contribution in [1.29, 1.82) is 0 Å². The molecule has 2 aliphatic rings. The minimum absolute atomic E-state index is 0.0525. The lowest BCUT2D eigenvalue weighted by Gasteiger charge is -2.20. The van der Waals surface area contributed by atoms with Gasteiger partial charge in [0.1, 0.15) is 17.4 Å². The molecule has 2 aromatic rings. The summed E-state index contributed by atoms with van der Waals surface area (Å²) < 4.78 is 15.6. The Balaban J connectivity index is 1.58. The van der Waals surface area contributed by atoms with Crippen LogP contribution in [-0.2, 0) is 4.79 Å². The summed E-state index contributed by atoms with van der Waals surface area (Å²) >= 11 is 0. The average molecular weight is 384 g/mol. The Morgan fingerprint density at radius 1 is 1.18 bits per heavy atom. The first-order chi connectivity index (χ1) is 13.4. The molecule has 2 aromatic carbocycles. The van der Waals surface area contributed by atoms with E-state index in [1.165, 1.54) is 31.2 Å². The molecule has 10 heteroatoms. The van der Waals surface area contributed by atoms with Crippen LogP contribution in [0.2, 0.25) is 0 Å². The highest BCUT2D eigenvalue weighted by molar-refractivity contribution is 6.24. The number of hydrogen-bond donors (Lipinski definition) is 0. The van der Waals surface area contributed by atoms with E-state index in [9.17, 15) is 24.5 Å². The molecule has 10 nitrogen and oxygen atoms in total. The number of imide groups is 1. The Hall–Kier alpha value is -3.95. The molecule has 0 unspecified atom stereocenters. The number of nitro benzene ring substituents is 1. The van der Waals surface area contributed by atoms with Crippen LogP contribution in [0.15, 0.2) is 36.4 Å². The van der Waals surface area contributed by atoms with Crippen LogP contribution in [0, 0.1) is 10.1 Å². The Bertz CT molecular complexity index is 1050. The summed E-state index contributed by atoms with van der Waals surface area (Å²) in [5, 5.41) is 11.2. The zero-order valence-electron chi connectivity index (χ0n) is 14.4. The normalized spacial score (nSPS) is 15.4. The van der Waals surface area contributed by atoms with E-state index in [4.69, 9.17) is 14.2 Å². The lowest BCUT2D eigenvalue weighted by atomic mass is 10.1. The fraction of sp³-hybridized carbons (Fsp3) is 0.167. The molecule has 2 aliphatic heterocycles. The number of benzene rings is 2. The van der Waals surface area contributed by atoms with Gasteiger partial charge in [0.25, 0.3) is 17.5 Å². The van der Waals surface area contributed by atoms with Gasteiger partial charge in [0, 0.05) is 12.1 Å². The Labute approximate surface area is 157 Å². The van der Waals surface area contributed by atoms with Crippen LogP contribution in [0.1, 0.15) is 27.6 Å².